The van der Waals surface area contributed by atoms with Gasteiger partial charge in [-0.25, -0.2) is 9.97 Å². The number of aromatic nitrogens is 3. The molecular weight excluding hydrogens is 324 g/mol. The van der Waals surface area contributed by atoms with Crippen molar-refractivity contribution >= 4 is 16.9 Å². The number of nitrogens with zero attached hydrogens (tertiary/aromatic N) is 4. The number of rotatable bonds is 6. The molecule has 2 aromatic heterocycles. The highest BCUT2D eigenvalue weighted by Gasteiger charge is 2.12. The van der Waals surface area contributed by atoms with Crippen molar-refractivity contribution in [2.75, 3.05) is 51.6 Å². The Labute approximate surface area is 154 Å². The Kier molecular flexibility index (Phi) is 5.13. The minimum Gasteiger partial charge on any atom is -0.370 e. The summed E-state index contributed by atoms with van der Waals surface area (Å²) >= 11 is 0. The summed E-state index contributed by atoms with van der Waals surface area (Å²) in [5.41, 5.74) is 3.10. The number of hydrogen-bond donors (Lipinski definition) is 2. The Balaban J connectivity index is 1.32. The van der Waals surface area contributed by atoms with Gasteiger partial charge in [-0.05, 0) is 44.3 Å². The Morgan fingerprint density at radius 2 is 1.96 bits per heavy atom. The minimum absolute atomic E-state index is 0.883. The molecule has 0 saturated carbocycles. The summed E-state index contributed by atoms with van der Waals surface area (Å²) in [6.07, 6.45) is 2.96. The van der Waals surface area contributed by atoms with Gasteiger partial charge < -0.3 is 20.1 Å². The highest BCUT2D eigenvalue weighted by Crippen LogP contribution is 2.21. The fourth-order valence-corrected chi connectivity index (χ4v) is 3.35. The SMILES string of the molecule is CN1CCN(CCCNc2cc(-c3nc4ccccc4[nH]3)ccn2)CC1. The Bertz CT molecular complexity index is 817. The molecule has 26 heavy (non-hydrogen) atoms. The highest BCUT2D eigenvalue weighted by atomic mass is 15.2. The van der Waals surface area contributed by atoms with E-state index in [9.17, 15) is 0 Å². The van der Waals surface area contributed by atoms with E-state index >= 15 is 0 Å². The van der Waals surface area contributed by atoms with Crippen LogP contribution < -0.4 is 5.32 Å². The number of para-hydroxylation sites is 2. The second kappa shape index (κ2) is 7.85. The van der Waals surface area contributed by atoms with Gasteiger partial charge in [-0.2, -0.15) is 0 Å². The van der Waals surface area contributed by atoms with E-state index in [-0.39, 0.29) is 0 Å². The van der Waals surface area contributed by atoms with Crippen molar-refractivity contribution in [3.8, 4) is 11.4 Å². The maximum Gasteiger partial charge on any atom is 0.138 e. The van der Waals surface area contributed by atoms with Crippen molar-refractivity contribution in [2.24, 2.45) is 0 Å². The van der Waals surface area contributed by atoms with E-state index in [2.05, 4.69) is 43.2 Å². The van der Waals surface area contributed by atoms with Crippen molar-refractivity contribution in [2.45, 2.75) is 6.42 Å². The summed E-state index contributed by atoms with van der Waals surface area (Å²) in [7, 11) is 2.19. The second-order valence-corrected chi connectivity index (χ2v) is 6.96. The number of anilines is 1. The molecule has 0 spiro atoms. The summed E-state index contributed by atoms with van der Waals surface area (Å²) in [6.45, 7) is 6.78. The number of aromatic amines is 1. The van der Waals surface area contributed by atoms with Crippen LogP contribution in [0.15, 0.2) is 42.6 Å². The number of fused-ring (bicyclic) bond motifs is 1. The monoisotopic (exact) mass is 350 g/mol. The predicted octanol–water partition coefficient (Wildman–Crippen LogP) is 2.67. The van der Waals surface area contributed by atoms with E-state index in [1.165, 1.54) is 26.2 Å². The second-order valence-electron chi connectivity index (χ2n) is 6.96. The average Bonchev–Trinajstić information content (AvgIpc) is 3.11. The number of pyridine rings is 1. The first-order chi connectivity index (χ1) is 12.8. The lowest BCUT2D eigenvalue weighted by Crippen LogP contribution is -2.44. The number of H-pyrrole nitrogens is 1. The van der Waals surface area contributed by atoms with E-state index in [1.54, 1.807) is 0 Å². The highest BCUT2D eigenvalue weighted by molar-refractivity contribution is 5.79. The van der Waals surface area contributed by atoms with E-state index in [4.69, 9.17) is 0 Å². The largest absolute Gasteiger partial charge is 0.370 e. The lowest BCUT2D eigenvalue weighted by Gasteiger charge is -2.32. The van der Waals surface area contributed by atoms with Gasteiger partial charge in [0, 0.05) is 44.5 Å². The van der Waals surface area contributed by atoms with E-state index in [1.807, 2.05) is 36.5 Å². The lowest BCUT2D eigenvalue weighted by molar-refractivity contribution is 0.154. The summed E-state index contributed by atoms with van der Waals surface area (Å²) in [5.74, 6) is 1.79. The zero-order chi connectivity index (χ0) is 17.8. The van der Waals surface area contributed by atoms with Crippen LogP contribution in [0.2, 0.25) is 0 Å². The third kappa shape index (κ3) is 4.03. The quantitative estimate of drug-likeness (QED) is 0.670. The first kappa shape index (κ1) is 17.0. The number of imidazole rings is 1. The molecule has 136 valence electrons. The van der Waals surface area contributed by atoms with Crippen LogP contribution in [0.4, 0.5) is 5.82 Å². The molecule has 0 aliphatic carbocycles. The molecule has 0 radical (unpaired) electrons. The molecule has 3 heterocycles. The lowest BCUT2D eigenvalue weighted by atomic mass is 10.2. The topological polar surface area (TPSA) is 60.1 Å². The van der Waals surface area contributed by atoms with Crippen LogP contribution in [0.1, 0.15) is 6.42 Å². The molecule has 1 aliphatic heterocycles. The smallest absolute Gasteiger partial charge is 0.138 e. The molecule has 4 rings (SSSR count). The molecule has 0 unspecified atom stereocenters. The van der Waals surface area contributed by atoms with Gasteiger partial charge in [0.15, 0.2) is 0 Å². The summed E-state index contributed by atoms with van der Waals surface area (Å²) in [5, 5.41) is 3.45. The van der Waals surface area contributed by atoms with Gasteiger partial charge in [-0.3, -0.25) is 0 Å². The van der Waals surface area contributed by atoms with Crippen LogP contribution in [0.5, 0.6) is 0 Å². The van der Waals surface area contributed by atoms with Crippen LogP contribution in [0.3, 0.4) is 0 Å². The summed E-state index contributed by atoms with van der Waals surface area (Å²) in [4.78, 5) is 17.4. The standard InChI is InChI=1S/C20H26N6/c1-25-11-13-26(14-12-25)10-4-8-21-19-15-16(7-9-22-19)20-23-17-5-2-3-6-18(17)24-20/h2-3,5-7,9,15H,4,8,10-14H2,1H3,(H,21,22)(H,23,24). The zero-order valence-electron chi connectivity index (χ0n) is 15.3. The zero-order valence-corrected chi connectivity index (χ0v) is 15.3. The number of hydrogen-bond acceptors (Lipinski definition) is 5. The molecule has 0 bridgehead atoms. The van der Waals surface area contributed by atoms with Gasteiger partial charge in [0.2, 0.25) is 0 Å². The van der Waals surface area contributed by atoms with Gasteiger partial charge in [0.25, 0.3) is 0 Å². The average molecular weight is 350 g/mol. The van der Waals surface area contributed by atoms with E-state index in [0.717, 1.165) is 47.7 Å². The van der Waals surface area contributed by atoms with Crippen LogP contribution in [0, 0.1) is 0 Å². The third-order valence-corrected chi connectivity index (χ3v) is 4.98. The van der Waals surface area contributed by atoms with Crippen LogP contribution in [-0.4, -0.2) is 71.1 Å². The van der Waals surface area contributed by atoms with E-state index in [0.29, 0.717) is 0 Å². The number of benzene rings is 1. The molecule has 0 atom stereocenters. The summed E-state index contributed by atoms with van der Waals surface area (Å²) < 4.78 is 0. The van der Waals surface area contributed by atoms with Gasteiger partial charge in [0.1, 0.15) is 11.6 Å². The van der Waals surface area contributed by atoms with Crippen LogP contribution >= 0.6 is 0 Å². The molecular formula is C20H26N6. The van der Waals surface area contributed by atoms with Crippen LogP contribution in [-0.2, 0) is 0 Å². The van der Waals surface area contributed by atoms with Gasteiger partial charge in [0.05, 0.1) is 11.0 Å². The Hall–Kier alpha value is -2.44. The predicted molar refractivity (Wildman–Crippen MR) is 106 cm³/mol. The number of likely N-dealkylation sites (N-methyl/N-ethyl adjacent to an activating group) is 1. The fourth-order valence-electron chi connectivity index (χ4n) is 3.35. The molecule has 6 heteroatoms. The maximum absolute atomic E-state index is 4.67. The van der Waals surface area contributed by atoms with Crippen LogP contribution in [0.25, 0.3) is 22.4 Å². The van der Waals surface area contributed by atoms with Gasteiger partial charge in [-0.15, -0.1) is 0 Å². The molecule has 3 aromatic rings. The number of nitrogens with one attached hydrogen (secondary N) is 2. The Morgan fingerprint density at radius 3 is 2.81 bits per heavy atom. The van der Waals surface area contributed by atoms with Gasteiger partial charge >= 0.3 is 0 Å². The van der Waals surface area contributed by atoms with Crippen molar-refractivity contribution in [3.63, 3.8) is 0 Å². The van der Waals surface area contributed by atoms with Crippen molar-refractivity contribution in [3.05, 3.63) is 42.6 Å². The molecule has 1 fully saturated rings. The summed E-state index contributed by atoms with van der Waals surface area (Å²) in [6, 6.07) is 12.1. The number of piperazine rings is 1. The first-order valence-electron chi connectivity index (χ1n) is 9.34. The minimum atomic E-state index is 0.883. The first-order valence-corrected chi connectivity index (χ1v) is 9.34. The maximum atomic E-state index is 4.67. The molecule has 1 aromatic carbocycles. The molecule has 1 saturated heterocycles. The third-order valence-electron chi connectivity index (χ3n) is 4.98. The van der Waals surface area contributed by atoms with Crippen molar-refractivity contribution in [1.82, 2.24) is 24.8 Å². The molecule has 6 nitrogen and oxygen atoms in total. The Morgan fingerprint density at radius 1 is 1.12 bits per heavy atom. The van der Waals surface area contributed by atoms with Gasteiger partial charge in [-0.1, -0.05) is 12.1 Å². The molecule has 1 aliphatic rings. The van der Waals surface area contributed by atoms with Crippen molar-refractivity contribution < 1.29 is 0 Å². The molecule has 2 N–H and O–H groups in total. The molecule has 0 amide bonds. The fraction of sp³-hybridized carbons (Fsp3) is 0.400. The van der Waals surface area contributed by atoms with Crippen molar-refractivity contribution in [1.29, 1.82) is 0 Å². The van der Waals surface area contributed by atoms with E-state index < -0.39 is 0 Å². The normalized spacial score (nSPS) is 16.2.